The first-order valence-electron chi connectivity index (χ1n) is 7.13. The van der Waals surface area contributed by atoms with E-state index in [9.17, 15) is 4.79 Å². The van der Waals surface area contributed by atoms with Crippen molar-refractivity contribution >= 4 is 5.91 Å². The molecule has 20 heavy (non-hydrogen) atoms. The number of carbonyl (C=O) groups excluding carboxylic acids is 1. The van der Waals surface area contributed by atoms with Crippen LogP contribution in [0.15, 0.2) is 22.8 Å². The summed E-state index contributed by atoms with van der Waals surface area (Å²) in [7, 11) is 0. The number of nitrogens with two attached hydrogens (primary N) is 1. The van der Waals surface area contributed by atoms with E-state index < -0.39 is 5.54 Å². The second kappa shape index (κ2) is 6.58. The van der Waals surface area contributed by atoms with Crippen molar-refractivity contribution in [3.8, 4) is 6.07 Å². The Balaban J connectivity index is 2.08. The molecule has 0 bridgehead atoms. The fourth-order valence-electron chi connectivity index (χ4n) is 2.74. The Bertz CT molecular complexity index is 470. The van der Waals surface area contributed by atoms with E-state index in [4.69, 9.17) is 15.4 Å². The third-order valence-electron chi connectivity index (χ3n) is 3.88. The molecule has 2 N–H and O–H groups in total. The lowest BCUT2D eigenvalue weighted by Gasteiger charge is -2.36. The van der Waals surface area contributed by atoms with Crippen LogP contribution in [0.4, 0.5) is 0 Å². The second-order valence-corrected chi connectivity index (χ2v) is 5.43. The topological polar surface area (TPSA) is 83.3 Å². The second-order valence-electron chi connectivity index (χ2n) is 5.43. The zero-order valence-corrected chi connectivity index (χ0v) is 11.7. The molecule has 2 rings (SSSR count). The summed E-state index contributed by atoms with van der Waals surface area (Å²) in [5, 5.41) is 8.75. The van der Waals surface area contributed by atoms with Gasteiger partial charge in [-0.1, -0.05) is 19.3 Å². The zero-order chi connectivity index (χ0) is 14.4. The highest BCUT2D eigenvalue weighted by molar-refractivity contribution is 5.86. The van der Waals surface area contributed by atoms with Crippen molar-refractivity contribution in [1.29, 1.82) is 5.26 Å². The summed E-state index contributed by atoms with van der Waals surface area (Å²) in [5.74, 6) is 0.666. The third-order valence-corrected chi connectivity index (χ3v) is 3.88. The fourth-order valence-corrected chi connectivity index (χ4v) is 2.74. The molecule has 1 aliphatic carbocycles. The molecule has 1 heterocycles. The average Bonchev–Trinajstić information content (AvgIpc) is 2.96. The van der Waals surface area contributed by atoms with E-state index in [2.05, 4.69) is 6.07 Å². The number of nitrogens with zero attached hydrogens (tertiary/aromatic N) is 2. The average molecular weight is 275 g/mol. The van der Waals surface area contributed by atoms with Crippen LogP contribution in [-0.4, -0.2) is 22.9 Å². The molecule has 0 saturated heterocycles. The first kappa shape index (κ1) is 14.6. The van der Waals surface area contributed by atoms with E-state index in [0.717, 1.165) is 37.9 Å². The molecule has 1 saturated carbocycles. The van der Waals surface area contributed by atoms with Gasteiger partial charge >= 0.3 is 0 Å². The number of hydrogen-bond donors (Lipinski definition) is 1. The van der Waals surface area contributed by atoms with Crippen molar-refractivity contribution in [3.05, 3.63) is 24.2 Å². The van der Waals surface area contributed by atoms with Crippen LogP contribution in [0.25, 0.3) is 0 Å². The molecule has 1 aromatic heterocycles. The number of rotatable bonds is 5. The van der Waals surface area contributed by atoms with Crippen molar-refractivity contribution in [2.45, 2.75) is 50.6 Å². The lowest BCUT2D eigenvalue weighted by Crippen LogP contribution is -2.56. The van der Waals surface area contributed by atoms with Crippen LogP contribution < -0.4 is 5.73 Å². The largest absolute Gasteiger partial charge is 0.467 e. The SMILES string of the molecule is N#CCCN(Cc1ccco1)C(=O)C1(N)CCCCC1. The Labute approximate surface area is 119 Å². The van der Waals surface area contributed by atoms with Crippen LogP contribution in [0.2, 0.25) is 0 Å². The van der Waals surface area contributed by atoms with Gasteiger partial charge in [-0.05, 0) is 25.0 Å². The summed E-state index contributed by atoms with van der Waals surface area (Å²) in [6, 6.07) is 5.71. The van der Waals surface area contributed by atoms with Crippen molar-refractivity contribution in [1.82, 2.24) is 4.90 Å². The molecule has 1 amide bonds. The number of furan rings is 1. The van der Waals surface area contributed by atoms with Crippen LogP contribution in [0, 0.1) is 11.3 Å². The summed E-state index contributed by atoms with van der Waals surface area (Å²) in [5.41, 5.74) is 5.54. The normalized spacial score (nSPS) is 17.4. The van der Waals surface area contributed by atoms with Crippen molar-refractivity contribution in [2.75, 3.05) is 6.54 Å². The van der Waals surface area contributed by atoms with Crippen LogP contribution in [-0.2, 0) is 11.3 Å². The molecule has 0 atom stereocenters. The molecule has 5 nitrogen and oxygen atoms in total. The monoisotopic (exact) mass is 275 g/mol. The van der Waals surface area contributed by atoms with Gasteiger partial charge in [0.05, 0.1) is 30.8 Å². The number of nitriles is 1. The highest BCUT2D eigenvalue weighted by atomic mass is 16.3. The van der Waals surface area contributed by atoms with Gasteiger partial charge in [0, 0.05) is 6.54 Å². The molecule has 0 aromatic carbocycles. The fraction of sp³-hybridized carbons (Fsp3) is 0.600. The van der Waals surface area contributed by atoms with Crippen molar-refractivity contribution < 1.29 is 9.21 Å². The van der Waals surface area contributed by atoms with E-state index in [-0.39, 0.29) is 5.91 Å². The molecule has 0 spiro atoms. The number of amides is 1. The Morgan fingerprint density at radius 1 is 1.45 bits per heavy atom. The standard InChI is InChI=1S/C15H21N3O2/c16-9-5-10-18(12-13-6-4-11-20-13)14(19)15(17)7-2-1-3-8-15/h4,6,11H,1-3,5,7-8,10,12,17H2. The van der Waals surface area contributed by atoms with E-state index in [0.29, 0.717) is 19.5 Å². The summed E-state index contributed by atoms with van der Waals surface area (Å²) < 4.78 is 5.30. The summed E-state index contributed by atoms with van der Waals surface area (Å²) in [4.78, 5) is 14.4. The van der Waals surface area contributed by atoms with Crippen LogP contribution in [0.3, 0.4) is 0 Å². The maximum absolute atomic E-state index is 12.7. The smallest absolute Gasteiger partial charge is 0.243 e. The number of hydrogen-bond acceptors (Lipinski definition) is 4. The van der Waals surface area contributed by atoms with Gasteiger partial charge in [0.1, 0.15) is 5.76 Å². The van der Waals surface area contributed by atoms with E-state index >= 15 is 0 Å². The van der Waals surface area contributed by atoms with Gasteiger partial charge in [-0.15, -0.1) is 0 Å². The lowest BCUT2D eigenvalue weighted by molar-refractivity contribution is -0.139. The van der Waals surface area contributed by atoms with Gasteiger partial charge in [0.25, 0.3) is 0 Å². The molecule has 0 radical (unpaired) electrons. The molecule has 0 aliphatic heterocycles. The maximum Gasteiger partial charge on any atom is 0.243 e. The quantitative estimate of drug-likeness (QED) is 0.892. The summed E-state index contributed by atoms with van der Waals surface area (Å²) in [6.45, 7) is 0.779. The van der Waals surface area contributed by atoms with Gasteiger partial charge in [0.15, 0.2) is 0 Å². The molecule has 0 unspecified atom stereocenters. The van der Waals surface area contributed by atoms with Crippen molar-refractivity contribution in [3.63, 3.8) is 0 Å². The van der Waals surface area contributed by atoms with Crippen LogP contribution in [0.5, 0.6) is 0 Å². The van der Waals surface area contributed by atoms with Crippen LogP contribution in [0.1, 0.15) is 44.3 Å². The minimum absolute atomic E-state index is 0.0520. The first-order valence-corrected chi connectivity index (χ1v) is 7.13. The Morgan fingerprint density at radius 3 is 2.80 bits per heavy atom. The highest BCUT2D eigenvalue weighted by Crippen LogP contribution is 2.28. The zero-order valence-electron chi connectivity index (χ0n) is 11.7. The van der Waals surface area contributed by atoms with Crippen molar-refractivity contribution in [2.24, 2.45) is 5.73 Å². The van der Waals surface area contributed by atoms with E-state index in [1.807, 2.05) is 6.07 Å². The predicted octanol–water partition coefficient (Wildman–Crippen LogP) is 2.18. The molecular weight excluding hydrogens is 254 g/mol. The molecule has 1 aromatic rings. The predicted molar refractivity (Wildman–Crippen MR) is 74.4 cm³/mol. The minimum Gasteiger partial charge on any atom is -0.467 e. The molecule has 108 valence electrons. The van der Waals surface area contributed by atoms with E-state index in [1.165, 1.54) is 0 Å². The van der Waals surface area contributed by atoms with Gasteiger partial charge < -0.3 is 15.1 Å². The van der Waals surface area contributed by atoms with Crippen LogP contribution >= 0.6 is 0 Å². The summed E-state index contributed by atoms with van der Waals surface area (Å²) >= 11 is 0. The van der Waals surface area contributed by atoms with Gasteiger partial charge in [-0.2, -0.15) is 5.26 Å². The molecule has 5 heteroatoms. The molecule has 1 aliphatic rings. The summed E-state index contributed by atoms with van der Waals surface area (Å²) in [6.07, 6.45) is 6.48. The van der Waals surface area contributed by atoms with Gasteiger partial charge in [0.2, 0.25) is 5.91 Å². The highest BCUT2D eigenvalue weighted by Gasteiger charge is 2.38. The van der Waals surface area contributed by atoms with E-state index in [1.54, 1.807) is 17.2 Å². The maximum atomic E-state index is 12.7. The Hall–Kier alpha value is -1.80. The first-order chi connectivity index (χ1) is 9.65. The Morgan fingerprint density at radius 2 is 2.20 bits per heavy atom. The van der Waals surface area contributed by atoms with Gasteiger partial charge in [-0.25, -0.2) is 0 Å². The third kappa shape index (κ3) is 3.40. The Kier molecular flexibility index (Phi) is 4.80. The molecular formula is C15H21N3O2. The number of carbonyl (C=O) groups is 1. The minimum atomic E-state index is -0.764. The lowest BCUT2D eigenvalue weighted by atomic mass is 9.81. The van der Waals surface area contributed by atoms with Gasteiger partial charge in [-0.3, -0.25) is 4.79 Å². The molecule has 1 fully saturated rings.